The predicted octanol–water partition coefficient (Wildman–Crippen LogP) is 6.38. The van der Waals surface area contributed by atoms with Crippen LogP contribution >= 0.6 is 34.3 Å². The highest BCUT2D eigenvalue weighted by molar-refractivity contribution is 7.15. The Morgan fingerprint density at radius 2 is 1.79 bits per heavy atom. The van der Waals surface area contributed by atoms with Gasteiger partial charge >= 0.3 is 0 Å². The molecule has 7 rings (SSSR count). The summed E-state index contributed by atoms with van der Waals surface area (Å²) < 4.78 is 1.97. The van der Waals surface area contributed by atoms with Crippen LogP contribution in [0.3, 0.4) is 0 Å². The number of thiazole rings is 1. The number of aliphatic imine (C=N–C) groups is 1. The van der Waals surface area contributed by atoms with Crippen LogP contribution in [-0.4, -0.2) is 90.4 Å². The van der Waals surface area contributed by atoms with Gasteiger partial charge in [0.05, 0.1) is 29.4 Å². The molecule has 1 fully saturated rings. The zero-order valence-electron chi connectivity index (χ0n) is 35.2. The Morgan fingerprint density at radius 3 is 2.52 bits per heavy atom. The van der Waals surface area contributed by atoms with Crippen molar-refractivity contribution in [1.29, 1.82) is 0 Å². The molecule has 2 aromatic carbocycles. The van der Waals surface area contributed by atoms with E-state index in [0.717, 1.165) is 37.8 Å². The van der Waals surface area contributed by atoms with Crippen molar-refractivity contribution in [3.05, 3.63) is 103 Å². The Bertz CT molecular complexity index is 2530. The summed E-state index contributed by atoms with van der Waals surface area (Å²) >= 11 is 9.27. The number of carbonyl (C=O) groups is 4. The molecule has 0 saturated carbocycles. The van der Waals surface area contributed by atoms with Crippen LogP contribution in [0.2, 0.25) is 5.02 Å². The van der Waals surface area contributed by atoms with E-state index in [-0.39, 0.29) is 44.8 Å². The van der Waals surface area contributed by atoms with Gasteiger partial charge in [0.25, 0.3) is 0 Å². The molecule has 0 spiro atoms. The lowest BCUT2D eigenvalue weighted by atomic mass is 9.85. The van der Waals surface area contributed by atoms with Gasteiger partial charge in [0.15, 0.2) is 11.6 Å². The second-order valence-corrected chi connectivity index (χ2v) is 18.8. The lowest BCUT2D eigenvalue weighted by molar-refractivity contribution is -0.144. The third-order valence-corrected chi connectivity index (χ3v) is 12.8. The van der Waals surface area contributed by atoms with Crippen LogP contribution in [-0.2, 0) is 25.7 Å². The minimum Gasteiger partial charge on any atom is -0.391 e. The van der Waals surface area contributed by atoms with Gasteiger partial charge in [-0.3, -0.25) is 28.7 Å². The first-order chi connectivity index (χ1) is 29.6. The largest absolute Gasteiger partial charge is 0.391 e. The maximum absolute atomic E-state index is 14.1. The summed E-state index contributed by atoms with van der Waals surface area (Å²) in [6.45, 7) is 11.5. The van der Waals surface area contributed by atoms with Crippen molar-refractivity contribution >= 4 is 75.1 Å². The lowest BCUT2D eigenvalue weighted by Crippen LogP contribution is -2.57. The topological polar surface area (TPSA) is 209 Å². The molecular formula is C43H48ClN11O5S2. The van der Waals surface area contributed by atoms with E-state index in [1.54, 1.807) is 40.4 Å². The average Bonchev–Trinajstić information content (AvgIpc) is 4.03. The van der Waals surface area contributed by atoms with Gasteiger partial charge in [-0.1, -0.05) is 56.6 Å². The Morgan fingerprint density at radius 1 is 1.02 bits per heavy atom. The maximum Gasteiger partial charge on any atom is 0.246 e. The molecule has 4 N–H and O–H groups in total. The monoisotopic (exact) mass is 897 g/mol. The van der Waals surface area contributed by atoms with Crippen molar-refractivity contribution in [3.8, 4) is 5.00 Å². The van der Waals surface area contributed by atoms with E-state index in [2.05, 4.69) is 55.2 Å². The minimum absolute atomic E-state index is 0.00550. The highest BCUT2D eigenvalue weighted by Gasteiger charge is 2.44. The predicted molar refractivity (Wildman–Crippen MR) is 238 cm³/mol. The molecule has 62 heavy (non-hydrogen) atoms. The quantitative estimate of drug-likeness (QED) is 0.0974. The van der Waals surface area contributed by atoms with E-state index in [1.165, 1.54) is 16.2 Å². The fraction of sp³-hybridized carbons (Fsp3) is 0.395. The molecule has 0 aliphatic carbocycles. The number of nitrogens with zero attached hydrogens (tertiary/aromatic N) is 8. The number of hydrogen-bond acceptors (Lipinski definition) is 13. The Hall–Kier alpha value is -5.69. The number of rotatable bonds is 13. The smallest absolute Gasteiger partial charge is 0.246 e. The van der Waals surface area contributed by atoms with Crippen LogP contribution in [0, 0.1) is 26.2 Å². The Kier molecular flexibility index (Phi) is 13.4. The first-order valence-corrected chi connectivity index (χ1v) is 22.3. The Balaban J connectivity index is 0.975. The molecule has 1 unspecified atom stereocenters. The molecule has 4 atom stereocenters. The van der Waals surface area contributed by atoms with Crippen molar-refractivity contribution in [2.24, 2.45) is 20.6 Å². The molecule has 2 aliphatic heterocycles. The number of benzene rings is 2. The number of fused-ring (bicyclic) bond motifs is 3. The van der Waals surface area contributed by atoms with Gasteiger partial charge in [-0.05, 0) is 61.6 Å². The second kappa shape index (κ2) is 18.7. The molecule has 1 saturated heterocycles. The number of aromatic nitrogens is 4. The SMILES string of the molecule is Cc1sc2c(c1C)C(c1ccc(Cl)cc1)=NC(CC(=O)NCCC(=O)N[C@H](C(=O)N1C[C@H](O)C[C@H]1C(=O)NCc1cccc(N=Nc3cscn3)c1)C(C)(C)C)c1nnc(C)n1-2. The summed E-state index contributed by atoms with van der Waals surface area (Å²) in [6, 6.07) is 12.0. The first-order valence-electron chi connectivity index (χ1n) is 20.1. The molecule has 5 heterocycles. The zero-order valence-corrected chi connectivity index (χ0v) is 37.6. The van der Waals surface area contributed by atoms with Crippen LogP contribution < -0.4 is 16.0 Å². The number of halogens is 1. The fourth-order valence-electron chi connectivity index (χ4n) is 7.45. The summed E-state index contributed by atoms with van der Waals surface area (Å²) in [5.74, 6) is -0.0227. The number of hydrogen-bond donors (Lipinski definition) is 4. The number of likely N-dealkylation sites (tertiary alicyclic amines) is 1. The second-order valence-electron chi connectivity index (χ2n) is 16.4. The Labute approximate surface area is 371 Å². The van der Waals surface area contributed by atoms with Gasteiger partial charge in [0.2, 0.25) is 23.6 Å². The van der Waals surface area contributed by atoms with E-state index in [0.29, 0.717) is 28.2 Å². The van der Waals surface area contributed by atoms with Crippen molar-refractivity contribution in [2.75, 3.05) is 13.1 Å². The van der Waals surface area contributed by atoms with Crippen LogP contribution in [0.4, 0.5) is 11.5 Å². The standard InChI is InChI=1S/C43H48ClN11O5S2/c1-23-24(2)62-42-36(23)37(27-10-12-28(44)13-11-27)48-31(39-53-50-25(3)55(39)42)18-35(58)45-15-14-34(57)49-38(43(4,5)6)41(60)54-20-30(56)17-32(54)40(59)46-19-26-8-7-9-29(16-26)51-52-33-21-61-22-47-33/h7-13,16,21-22,30-32,38,56H,14-15,17-20H2,1-6H3,(H,45,58)(H,46,59)(H,49,57)/t30-,31?,32+,38-/m1/s1. The lowest BCUT2D eigenvalue weighted by Gasteiger charge is -2.35. The molecule has 2 aliphatic rings. The minimum atomic E-state index is -1.03. The van der Waals surface area contributed by atoms with Crippen LogP contribution in [0.5, 0.6) is 0 Å². The van der Waals surface area contributed by atoms with Gasteiger partial charge in [-0.25, -0.2) is 4.98 Å². The molecule has 16 nitrogen and oxygen atoms in total. The summed E-state index contributed by atoms with van der Waals surface area (Å²) in [4.78, 5) is 66.4. The number of aliphatic hydroxyl groups excluding tert-OH is 1. The third kappa shape index (κ3) is 9.99. The average molecular weight is 899 g/mol. The van der Waals surface area contributed by atoms with E-state index < -0.39 is 47.4 Å². The molecule has 324 valence electrons. The molecule has 0 bridgehead atoms. The van der Waals surface area contributed by atoms with E-state index >= 15 is 0 Å². The van der Waals surface area contributed by atoms with Crippen LogP contribution in [0.15, 0.2) is 74.6 Å². The number of nitrogens with one attached hydrogen (secondary N) is 3. The summed E-state index contributed by atoms with van der Waals surface area (Å²) in [5.41, 5.74) is 5.85. The summed E-state index contributed by atoms with van der Waals surface area (Å²) in [7, 11) is 0. The zero-order chi connectivity index (χ0) is 44.3. The van der Waals surface area contributed by atoms with Crippen molar-refractivity contribution < 1.29 is 24.3 Å². The summed E-state index contributed by atoms with van der Waals surface area (Å²) in [5, 5.41) is 39.7. The maximum atomic E-state index is 14.1. The number of azo groups is 1. The molecule has 3 aromatic heterocycles. The first kappa shape index (κ1) is 44.4. The van der Waals surface area contributed by atoms with Crippen molar-refractivity contribution in [1.82, 2.24) is 40.6 Å². The van der Waals surface area contributed by atoms with Crippen molar-refractivity contribution in [3.63, 3.8) is 0 Å². The number of aryl methyl sites for hydroxylation is 2. The van der Waals surface area contributed by atoms with Gasteiger partial charge in [-0.2, -0.15) is 0 Å². The molecule has 19 heteroatoms. The van der Waals surface area contributed by atoms with E-state index in [4.69, 9.17) is 16.6 Å². The number of β-amino-alcohol motifs (C(OH)–C–C–N with tert-alkyl or cyclic N) is 1. The number of aliphatic hydroxyl groups is 1. The van der Waals surface area contributed by atoms with Gasteiger partial charge < -0.3 is 26.0 Å². The van der Waals surface area contributed by atoms with E-state index in [1.807, 2.05) is 62.6 Å². The van der Waals surface area contributed by atoms with Crippen molar-refractivity contribution in [2.45, 2.75) is 91.6 Å². The number of amides is 4. The van der Waals surface area contributed by atoms with Gasteiger partial charge in [0.1, 0.15) is 29.0 Å². The van der Waals surface area contributed by atoms with Crippen LogP contribution in [0.25, 0.3) is 5.00 Å². The highest BCUT2D eigenvalue weighted by Crippen LogP contribution is 2.39. The fourth-order valence-corrected chi connectivity index (χ4v) is 9.25. The molecule has 5 aromatic rings. The summed E-state index contributed by atoms with van der Waals surface area (Å²) in [6.07, 6.45) is -1.05. The third-order valence-electron chi connectivity index (χ3n) is 10.8. The molecular weight excluding hydrogens is 850 g/mol. The van der Waals surface area contributed by atoms with E-state index in [9.17, 15) is 24.3 Å². The van der Waals surface area contributed by atoms with Crippen LogP contribution in [0.1, 0.15) is 84.9 Å². The normalized spacial score (nSPS) is 17.8. The molecule has 0 radical (unpaired) electrons. The number of carbonyl (C=O) groups excluding carboxylic acids is 4. The van der Waals surface area contributed by atoms with Gasteiger partial charge in [-0.15, -0.1) is 43.1 Å². The molecule has 4 amide bonds. The van der Waals surface area contributed by atoms with Gasteiger partial charge in [0, 0.05) is 58.9 Å². The highest BCUT2D eigenvalue weighted by atomic mass is 35.5. The number of thiophene rings is 1.